The normalized spacial score (nSPS) is 11.2. The average molecular weight is 338 g/mol. The first-order valence-corrected chi connectivity index (χ1v) is 7.66. The molecule has 20 heavy (non-hydrogen) atoms. The van der Waals surface area contributed by atoms with Crippen molar-refractivity contribution in [2.75, 3.05) is 5.73 Å². The Morgan fingerprint density at radius 3 is 2.75 bits per heavy atom. The van der Waals surface area contributed by atoms with E-state index in [0.29, 0.717) is 17.6 Å². The summed E-state index contributed by atoms with van der Waals surface area (Å²) in [4.78, 5) is 9.04. The van der Waals surface area contributed by atoms with E-state index in [1.807, 2.05) is 10.7 Å². The molecule has 0 saturated carbocycles. The zero-order valence-electron chi connectivity index (χ0n) is 12.1. The third-order valence-corrected chi connectivity index (χ3v) is 3.79. The molecule has 0 spiro atoms. The maximum absolute atomic E-state index is 6.00. The molecule has 2 aromatic rings. The number of nitrogen functional groups attached to an aromatic ring is 1. The van der Waals surface area contributed by atoms with Gasteiger partial charge in [-0.2, -0.15) is 5.10 Å². The number of aromatic nitrogens is 4. The van der Waals surface area contributed by atoms with Gasteiger partial charge < -0.3 is 5.73 Å². The number of rotatable bonds is 5. The van der Waals surface area contributed by atoms with Gasteiger partial charge in [-0.1, -0.05) is 20.8 Å². The molecule has 0 aromatic carbocycles. The Morgan fingerprint density at radius 2 is 2.10 bits per heavy atom. The molecule has 0 radical (unpaired) electrons. The van der Waals surface area contributed by atoms with Crippen LogP contribution in [0.25, 0.3) is 11.5 Å². The van der Waals surface area contributed by atoms with E-state index in [0.717, 1.165) is 35.2 Å². The number of nitrogens with zero attached hydrogens (tertiary/aromatic N) is 4. The second-order valence-corrected chi connectivity index (χ2v) is 6.02. The van der Waals surface area contributed by atoms with Gasteiger partial charge in [0.25, 0.3) is 0 Å². The van der Waals surface area contributed by atoms with Crippen molar-refractivity contribution in [2.24, 2.45) is 5.92 Å². The summed E-state index contributed by atoms with van der Waals surface area (Å²) in [5.41, 5.74) is 7.86. The van der Waals surface area contributed by atoms with Gasteiger partial charge in [-0.25, -0.2) is 9.97 Å². The number of aryl methyl sites for hydroxylation is 1. The molecular weight excluding hydrogens is 318 g/mol. The van der Waals surface area contributed by atoms with Crippen molar-refractivity contribution in [3.05, 3.63) is 22.4 Å². The zero-order chi connectivity index (χ0) is 14.7. The number of hydrogen-bond acceptors (Lipinski definition) is 4. The largest absolute Gasteiger partial charge is 0.383 e. The van der Waals surface area contributed by atoms with Crippen LogP contribution in [0.4, 0.5) is 5.82 Å². The molecular formula is C14H20BrN5. The molecule has 0 atom stereocenters. The first kappa shape index (κ1) is 15.0. The molecule has 0 fully saturated rings. The Balaban J connectivity index is 2.46. The van der Waals surface area contributed by atoms with E-state index in [-0.39, 0.29) is 0 Å². The maximum Gasteiger partial charge on any atom is 0.180 e. The van der Waals surface area contributed by atoms with Crippen LogP contribution in [0.1, 0.15) is 32.9 Å². The highest BCUT2D eigenvalue weighted by Gasteiger charge is 2.15. The summed E-state index contributed by atoms with van der Waals surface area (Å²) >= 11 is 3.48. The van der Waals surface area contributed by atoms with Crippen LogP contribution in [0, 0.1) is 5.92 Å². The minimum absolute atomic E-state index is 0.481. The topological polar surface area (TPSA) is 69.6 Å². The van der Waals surface area contributed by atoms with Crippen LogP contribution >= 0.6 is 15.9 Å². The molecule has 0 unspecified atom stereocenters. The first-order chi connectivity index (χ1) is 9.52. The van der Waals surface area contributed by atoms with Crippen molar-refractivity contribution in [2.45, 2.75) is 40.2 Å². The Labute approximate surface area is 127 Å². The summed E-state index contributed by atoms with van der Waals surface area (Å²) in [6.07, 6.45) is 3.65. The van der Waals surface area contributed by atoms with E-state index in [1.165, 1.54) is 0 Å². The number of halogens is 1. The maximum atomic E-state index is 6.00. The molecule has 2 N–H and O–H groups in total. The lowest BCUT2D eigenvalue weighted by molar-refractivity contribution is 0.604. The molecule has 0 amide bonds. The van der Waals surface area contributed by atoms with Crippen LogP contribution in [0.3, 0.4) is 0 Å². The Hall–Kier alpha value is -1.43. The van der Waals surface area contributed by atoms with Gasteiger partial charge >= 0.3 is 0 Å². The monoisotopic (exact) mass is 337 g/mol. The molecule has 0 bridgehead atoms. The van der Waals surface area contributed by atoms with Crippen molar-refractivity contribution in [3.63, 3.8) is 0 Å². The van der Waals surface area contributed by atoms with Crippen LogP contribution in [-0.4, -0.2) is 19.7 Å². The third-order valence-electron chi connectivity index (χ3n) is 2.93. The summed E-state index contributed by atoms with van der Waals surface area (Å²) in [5.74, 6) is 1.64. The van der Waals surface area contributed by atoms with Crippen molar-refractivity contribution in [1.29, 1.82) is 0 Å². The Kier molecular flexibility index (Phi) is 4.75. The highest BCUT2D eigenvalue weighted by atomic mass is 79.9. The summed E-state index contributed by atoms with van der Waals surface area (Å²) < 4.78 is 2.72. The molecule has 108 valence electrons. The molecule has 2 aromatic heterocycles. The fraction of sp³-hybridized carbons (Fsp3) is 0.500. The Morgan fingerprint density at radius 1 is 1.35 bits per heavy atom. The van der Waals surface area contributed by atoms with E-state index in [1.54, 1.807) is 6.20 Å². The quantitative estimate of drug-likeness (QED) is 0.908. The van der Waals surface area contributed by atoms with Gasteiger partial charge in [0.2, 0.25) is 0 Å². The molecule has 0 aliphatic rings. The van der Waals surface area contributed by atoms with Crippen molar-refractivity contribution in [3.8, 4) is 11.5 Å². The van der Waals surface area contributed by atoms with E-state index >= 15 is 0 Å². The second-order valence-electron chi connectivity index (χ2n) is 5.23. The molecule has 6 heteroatoms. The molecule has 0 saturated heterocycles. The lowest BCUT2D eigenvalue weighted by Gasteiger charge is -2.11. The van der Waals surface area contributed by atoms with E-state index in [4.69, 9.17) is 5.73 Å². The fourth-order valence-corrected chi connectivity index (χ4v) is 2.40. The SMILES string of the molecule is CCCn1nccc1-c1nc(N)c(Br)c(CC(C)C)n1. The number of anilines is 1. The minimum atomic E-state index is 0.481. The van der Waals surface area contributed by atoms with Gasteiger partial charge in [-0.05, 0) is 40.8 Å². The van der Waals surface area contributed by atoms with Gasteiger partial charge in [0.15, 0.2) is 5.82 Å². The summed E-state index contributed by atoms with van der Waals surface area (Å²) in [7, 11) is 0. The second kappa shape index (κ2) is 6.35. The lowest BCUT2D eigenvalue weighted by Crippen LogP contribution is -2.08. The van der Waals surface area contributed by atoms with E-state index in [9.17, 15) is 0 Å². The van der Waals surface area contributed by atoms with E-state index in [2.05, 4.69) is 51.8 Å². The van der Waals surface area contributed by atoms with Gasteiger partial charge in [0.1, 0.15) is 11.5 Å². The van der Waals surface area contributed by atoms with Crippen LogP contribution in [0.2, 0.25) is 0 Å². The lowest BCUT2D eigenvalue weighted by atomic mass is 10.1. The number of nitrogens with two attached hydrogens (primary N) is 1. The van der Waals surface area contributed by atoms with Crippen molar-refractivity contribution >= 4 is 21.7 Å². The average Bonchev–Trinajstić information content (AvgIpc) is 2.83. The third kappa shape index (κ3) is 3.17. The summed E-state index contributed by atoms with van der Waals surface area (Å²) in [6.45, 7) is 7.28. The van der Waals surface area contributed by atoms with Gasteiger partial charge in [-0.3, -0.25) is 4.68 Å². The first-order valence-electron chi connectivity index (χ1n) is 6.87. The number of hydrogen-bond donors (Lipinski definition) is 1. The van der Waals surface area contributed by atoms with Crippen LogP contribution in [-0.2, 0) is 13.0 Å². The predicted molar refractivity (Wildman–Crippen MR) is 84.2 cm³/mol. The van der Waals surface area contributed by atoms with Crippen LogP contribution < -0.4 is 5.73 Å². The molecule has 2 rings (SSSR count). The van der Waals surface area contributed by atoms with Crippen molar-refractivity contribution in [1.82, 2.24) is 19.7 Å². The van der Waals surface area contributed by atoms with Gasteiger partial charge in [0, 0.05) is 12.7 Å². The predicted octanol–water partition coefficient (Wildman–Crippen LogP) is 3.29. The smallest absolute Gasteiger partial charge is 0.180 e. The van der Waals surface area contributed by atoms with Gasteiger partial charge in [0.05, 0.1) is 10.2 Å². The molecule has 0 aliphatic heterocycles. The van der Waals surface area contributed by atoms with Crippen molar-refractivity contribution < 1.29 is 0 Å². The van der Waals surface area contributed by atoms with E-state index < -0.39 is 0 Å². The summed E-state index contributed by atoms with van der Waals surface area (Å²) in [5, 5.41) is 4.31. The van der Waals surface area contributed by atoms with Crippen LogP contribution in [0.5, 0.6) is 0 Å². The highest BCUT2D eigenvalue weighted by molar-refractivity contribution is 9.10. The molecule has 2 heterocycles. The molecule has 0 aliphatic carbocycles. The fourth-order valence-electron chi connectivity index (χ4n) is 2.06. The molecule has 5 nitrogen and oxygen atoms in total. The Bertz CT molecular complexity index is 591. The summed E-state index contributed by atoms with van der Waals surface area (Å²) in [6, 6.07) is 1.93. The zero-order valence-corrected chi connectivity index (χ0v) is 13.7. The standard InChI is InChI=1S/C14H20BrN5/c1-4-7-20-11(5-6-17-20)14-18-10(8-9(2)3)12(15)13(16)19-14/h5-6,9H,4,7-8H2,1-3H3,(H2,16,18,19). The minimum Gasteiger partial charge on any atom is -0.383 e. The van der Waals surface area contributed by atoms with Crippen LogP contribution in [0.15, 0.2) is 16.7 Å². The van der Waals surface area contributed by atoms with Gasteiger partial charge in [-0.15, -0.1) is 0 Å². The highest BCUT2D eigenvalue weighted by Crippen LogP contribution is 2.26.